The van der Waals surface area contributed by atoms with Crippen LogP contribution in [-0.2, 0) is 13.0 Å². The predicted octanol–water partition coefficient (Wildman–Crippen LogP) is 1.67. The molecule has 3 nitrogen and oxygen atoms in total. The van der Waals surface area contributed by atoms with E-state index in [1.165, 1.54) is 16.2 Å². The maximum Gasteiger partial charge on any atom is 0.0814 e. The minimum absolute atomic E-state index is 0.247. The Kier molecular flexibility index (Phi) is 4.56. The van der Waals surface area contributed by atoms with Gasteiger partial charge in [0.25, 0.3) is 0 Å². The highest BCUT2D eigenvalue weighted by Crippen LogP contribution is 2.22. The third-order valence-corrected chi connectivity index (χ3v) is 4.42. The van der Waals surface area contributed by atoms with Crippen molar-refractivity contribution in [2.75, 3.05) is 0 Å². The smallest absolute Gasteiger partial charge is 0.0814 e. The van der Waals surface area contributed by atoms with E-state index in [4.69, 9.17) is 0 Å². The Labute approximate surface area is 106 Å². The topological polar surface area (TPSA) is 52.5 Å². The molecule has 1 aliphatic carbocycles. The van der Waals surface area contributed by atoms with E-state index in [9.17, 15) is 10.2 Å². The molecule has 96 valence electrons. The predicted molar refractivity (Wildman–Crippen MR) is 70.2 cm³/mol. The lowest BCUT2D eigenvalue weighted by molar-refractivity contribution is 0.0438. The quantitative estimate of drug-likeness (QED) is 0.750. The van der Waals surface area contributed by atoms with Gasteiger partial charge in [0.05, 0.1) is 12.2 Å². The molecule has 0 aromatic carbocycles. The van der Waals surface area contributed by atoms with Crippen molar-refractivity contribution in [2.24, 2.45) is 0 Å². The van der Waals surface area contributed by atoms with Crippen molar-refractivity contribution >= 4 is 11.3 Å². The van der Waals surface area contributed by atoms with Gasteiger partial charge in [-0.15, -0.1) is 11.3 Å². The molecule has 0 aliphatic heterocycles. The van der Waals surface area contributed by atoms with Crippen LogP contribution in [-0.4, -0.2) is 28.5 Å². The van der Waals surface area contributed by atoms with Gasteiger partial charge in [0.15, 0.2) is 0 Å². The molecule has 4 heteroatoms. The average molecular weight is 255 g/mol. The largest absolute Gasteiger partial charge is 0.390 e. The van der Waals surface area contributed by atoms with Gasteiger partial charge < -0.3 is 15.5 Å². The number of thiophene rings is 1. The second-order valence-electron chi connectivity index (χ2n) is 4.80. The normalized spacial score (nSPS) is 28.8. The van der Waals surface area contributed by atoms with Gasteiger partial charge in [0.1, 0.15) is 0 Å². The molecule has 0 radical (unpaired) electrons. The Bertz CT molecular complexity index is 343. The van der Waals surface area contributed by atoms with Crippen molar-refractivity contribution in [2.45, 2.75) is 57.4 Å². The Hall–Kier alpha value is -0.420. The molecule has 3 atom stereocenters. The summed E-state index contributed by atoms with van der Waals surface area (Å²) in [6.07, 6.45) is 2.57. The number of aryl methyl sites for hydroxylation is 1. The Morgan fingerprint density at radius 2 is 1.88 bits per heavy atom. The van der Waals surface area contributed by atoms with Crippen molar-refractivity contribution in [3.63, 3.8) is 0 Å². The van der Waals surface area contributed by atoms with E-state index >= 15 is 0 Å². The monoisotopic (exact) mass is 255 g/mol. The molecule has 0 saturated heterocycles. The number of hydrogen-bond donors (Lipinski definition) is 3. The van der Waals surface area contributed by atoms with E-state index in [2.05, 4.69) is 24.4 Å². The Morgan fingerprint density at radius 3 is 2.53 bits per heavy atom. The van der Waals surface area contributed by atoms with E-state index in [1.807, 2.05) is 11.3 Å². The summed E-state index contributed by atoms with van der Waals surface area (Å²) in [6.45, 7) is 3.04. The molecule has 0 amide bonds. The first kappa shape index (κ1) is 13.0. The summed E-state index contributed by atoms with van der Waals surface area (Å²) in [5.41, 5.74) is 0. The molecule has 3 N–H and O–H groups in total. The molecule has 1 heterocycles. The van der Waals surface area contributed by atoms with Crippen LogP contribution in [0.4, 0.5) is 0 Å². The summed E-state index contributed by atoms with van der Waals surface area (Å²) >= 11 is 1.85. The zero-order valence-electron chi connectivity index (χ0n) is 10.2. The minimum atomic E-state index is -0.550. The van der Waals surface area contributed by atoms with Crippen molar-refractivity contribution in [1.82, 2.24) is 5.32 Å². The zero-order chi connectivity index (χ0) is 12.3. The van der Waals surface area contributed by atoms with Crippen LogP contribution in [0.5, 0.6) is 0 Å². The lowest BCUT2D eigenvalue weighted by Gasteiger charge is -2.10. The summed E-state index contributed by atoms with van der Waals surface area (Å²) in [6, 6.07) is 4.62. The van der Waals surface area contributed by atoms with E-state index in [0.717, 1.165) is 13.0 Å². The molecule has 2 rings (SSSR count). The number of hydrogen-bond acceptors (Lipinski definition) is 4. The Morgan fingerprint density at radius 1 is 1.24 bits per heavy atom. The van der Waals surface area contributed by atoms with Crippen LogP contribution in [0, 0.1) is 0 Å². The van der Waals surface area contributed by atoms with Crippen molar-refractivity contribution in [3.8, 4) is 0 Å². The fourth-order valence-electron chi connectivity index (χ4n) is 2.30. The molecule has 1 saturated carbocycles. The standard InChI is InChI=1S/C13H21NO2S/c1-2-3-10-4-5-11(17-10)8-14-9-6-12(15)13(16)7-9/h4-5,9,12-16H,2-3,6-8H2,1H3/t9?,12-,13+. The number of nitrogens with one attached hydrogen (secondary N) is 1. The highest BCUT2D eigenvalue weighted by atomic mass is 32.1. The first-order chi connectivity index (χ1) is 8.19. The Balaban J connectivity index is 1.77. The lowest BCUT2D eigenvalue weighted by Crippen LogP contribution is -2.26. The highest BCUT2D eigenvalue weighted by molar-refractivity contribution is 7.11. The van der Waals surface area contributed by atoms with Gasteiger partial charge >= 0.3 is 0 Å². The van der Waals surface area contributed by atoms with Crippen molar-refractivity contribution in [3.05, 3.63) is 21.9 Å². The molecule has 1 fully saturated rings. The van der Waals surface area contributed by atoms with E-state index in [0.29, 0.717) is 12.8 Å². The lowest BCUT2D eigenvalue weighted by atomic mass is 10.2. The molecular weight excluding hydrogens is 234 g/mol. The molecule has 1 unspecified atom stereocenters. The minimum Gasteiger partial charge on any atom is -0.390 e. The molecule has 0 bridgehead atoms. The van der Waals surface area contributed by atoms with Gasteiger partial charge in [-0.1, -0.05) is 13.3 Å². The van der Waals surface area contributed by atoms with Crippen LogP contribution < -0.4 is 5.32 Å². The van der Waals surface area contributed by atoms with E-state index in [1.54, 1.807) is 0 Å². The molecular formula is C13H21NO2S. The summed E-state index contributed by atoms with van der Waals surface area (Å²) in [7, 11) is 0. The molecule has 1 aliphatic rings. The van der Waals surface area contributed by atoms with Crippen LogP contribution in [0.25, 0.3) is 0 Å². The number of aliphatic hydroxyl groups is 2. The third-order valence-electron chi connectivity index (χ3n) is 3.27. The second-order valence-corrected chi connectivity index (χ2v) is 6.05. The van der Waals surface area contributed by atoms with Gasteiger partial charge in [-0.3, -0.25) is 0 Å². The summed E-state index contributed by atoms with van der Waals surface area (Å²) in [4.78, 5) is 2.78. The maximum atomic E-state index is 9.45. The van der Waals surface area contributed by atoms with Gasteiger partial charge in [-0.2, -0.15) is 0 Å². The fraction of sp³-hybridized carbons (Fsp3) is 0.692. The van der Waals surface area contributed by atoms with Gasteiger partial charge in [0.2, 0.25) is 0 Å². The molecule has 1 aromatic heterocycles. The molecule has 17 heavy (non-hydrogen) atoms. The van der Waals surface area contributed by atoms with E-state index < -0.39 is 12.2 Å². The SMILES string of the molecule is CCCc1ccc(CNC2C[C@@H](O)[C@@H](O)C2)s1. The van der Waals surface area contributed by atoms with Gasteiger partial charge in [-0.25, -0.2) is 0 Å². The second kappa shape index (κ2) is 5.96. The third kappa shape index (κ3) is 3.52. The summed E-state index contributed by atoms with van der Waals surface area (Å²) in [5, 5.41) is 22.3. The van der Waals surface area contributed by atoms with Gasteiger partial charge in [-0.05, 0) is 31.4 Å². The number of aliphatic hydroxyl groups excluding tert-OH is 2. The first-order valence-electron chi connectivity index (χ1n) is 6.36. The van der Waals surface area contributed by atoms with Crippen LogP contribution in [0.1, 0.15) is 35.9 Å². The summed E-state index contributed by atoms with van der Waals surface area (Å²) in [5.74, 6) is 0. The number of rotatable bonds is 5. The van der Waals surface area contributed by atoms with Crippen LogP contribution in [0.2, 0.25) is 0 Å². The van der Waals surface area contributed by atoms with Crippen LogP contribution >= 0.6 is 11.3 Å². The average Bonchev–Trinajstić information content (AvgIpc) is 2.85. The van der Waals surface area contributed by atoms with Crippen molar-refractivity contribution < 1.29 is 10.2 Å². The first-order valence-corrected chi connectivity index (χ1v) is 7.17. The summed E-state index contributed by atoms with van der Waals surface area (Å²) < 4.78 is 0. The van der Waals surface area contributed by atoms with E-state index in [-0.39, 0.29) is 6.04 Å². The van der Waals surface area contributed by atoms with Crippen molar-refractivity contribution in [1.29, 1.82) is 0 Å². The fourth-order valence-corrected chi connectivity index (χ4v) is 3.37. The molecule has 1 aromatic rings. The van der Waals surface area contributed by atoms with Gasteiger partial charge in [0, 0.05) is 22.3 Å². The maximum absolute atomic E-state index is 9.45. The zero-order valence-corrected chi connectivity index (χ0v) is 11.0. The van der Waals surface area contributed by atoms with Crippen LogP contribution in [0.15, 0.2) is 12.1 Å². The van der Waals surface area contributed by atoms with Crippen LogP contribution in [0.3, 0.4) is 0 Å². The molecule has 0 spiro atoms. The highest BCUT2D eigenvalue weighted by Gasteiger charge is 2.30.